The number of rotatable bonds is 12. The van der Waals surface area contributed by atoms with Crippen LogP contribution in [0, 0.1) is 0 Å². The number of aliphatic hydroxyl groups excluding tert-OH is 4. The molecule has 2 saturated heterocycles. The lowest BCUT2D eigenvalue weighted by Crippen LogP contribution is -2.58. The van der Waals surface area contributed by atoms with Gasteiger partial charge in [0.25, 0.3) is 0 Å². The maximum Gasteiger partial charge on any atom is 0.410 e. The molecule has 0 bridgehead atoms. The van der Waals surface area contributed by atoms with Crippen LogP contribution < -0.4 is 10.6 Å². The molecule has 1 aliphatic carbocycles. The average Bonchev–Trinajstić information content (AvgIpc) is 3.67. The quantitative estimate of drug-likeness (QED) is 0.101. The predicted octanol–water partition coefficient (Wildman–Crippen LogP) is 0.769. The first kappa shape index (κ1) is 38.9. The molecule has 0 spiro atoms. The van der Waals surface area contributed by atoms with Gasteiger partial charge in [0.15, 0.2) is 6.29 Å². The number of nitrogens with zero attached hydrogens (tertiary/aromatic N) is 1. The summed E-state index contributed by atoms with van der Waals surface area (Å²) in [5.74, 6) is -1.44. The lowest BCUT2D eigenvalue weighted by atomic mass is 9.98. The summed E-state index contributed by atoms with van der Waals surface area (Å²) in [6.07, 6.45) is -8.90. The molecular formula is C36H47N3O13. The first-order valence-corrected chi connectivity index (χ1v) is 17.2. The number of hydrogen-bond donors (Lipinski definition) is 6. The zero-order valence-electron chi connectivity index (χ0n) is 29.3. The fraction of sp³-hybridized carbons (Fsp3) is 0.556. The summed E-state index contributed by atoms with van der Waals surface area (Å²) in [4.78, 5) is 52.8. The van der Waals surface area contributed by atoms with Gasteiger partial charge in [0.1, 0.15) is 55.9 Å². The second-order valence-electron chi connectivity index (χ2n) is 14.0. The SMILES string of the molecule is CC(C)(C)OC(=O)NC1CC(C(=O)NCCCOCC(=O)OCC2OC(O)C(O)C(O)C2O)N(C(=O)OCC2c3ccccc3-c3ccccc32)C1. The Hall–Kier alpha value is -4.32. The largest absolute Gasteiger partial charge is 0.461 e. The number of ether oxygens (including phenoxy) is 5. The Kier molecular flexibility index (Phi) is 12.7. The van der Waals surface area contributed by atoms with Crippen molar-refractivity contribution in [3.05, 3.63) is 59.7 Å². The van der Waals surface area contributed by atoms with Crippen LogP contribution in [0.1, 0.15) is 50.7 Å². The molecule has 3 amide bonds. The Labute approximate surface area is 300 Å². The number of hydrogen-bond acceptors (Lipinski definition) is 13. The molecule has 0 aromatic heterocycles. The van der Waals surface area contributed by atoms with Crippen LogP contribution in [0.5, 0.6) is 0 Å². The van der Waals surface area contributed by atoms with Crippen molar-refractivity contribution in [3.8, 4) is 11.1 Å². The van der Waals surface area contributed by atoms with Crippen LogP contribution in [0.2, 0.25) is 0 Å². The van der Waals surface area contributed by atoms with E-state index in [4.69, 9.17) is 23.7 Å². The van der Waals surface area contributed by atoms with Gasteiger partial charge in [0.2, 0.25) is 5.91 Å². The van der Waals surface area contributed by atoms with E-state index < -0.39 is 85.7 Å². The molecule has 7 atom stereocenters. The summed E-state index contributed by atoms with van der Waals surface area (Å²) in [6.45, 7) is 4.54. The van der Waals surface area contributed by atoms with Crippen molar-refractivity contribution in [2.45, 2.75) is 87.9 Å². The zero-order valence-corrected chi connectivity index (χ0v) is 29.3. The van der Waals surface area contributed by atoms with E-state index in [1.807, 2.05) is 48.5 Å². The monoisotopic (exact) mass is 729 g/mol. The first-order chi connectivity index (χ1) is 24.7. The fourth-order valence-electron chi connectivity index (χ4n) is 6.49. The molecule has 16 heteroatoms. The summed E-state index contributed by atoms with van der Waals surface area (Å²) in [7, 11) is 0. The van der Waals surface area contributed by atoms with Crippen LogP contribution >= 0.6 is 0 Å². The number of carbonyl (C=O) groups excluding carboxylic acids is 4. The van der Waals surface area contributed by atoms with E-state index in [9.17, 15) is 39.6 Å². The van der Waals surface area contributed by atoms with E-state index >= 15 is 0 Å². The Morgan fingerprint density at radius 2 is 1.54 bits per heavy atom. The number of amides is 3. The number of likely N-dealkylation sites (tertiary alicyclic amines) is 1. The van der Waals surface area contributed by atoms with Crippen LogP contribution in [0.4, 0.5) is 9.59 Å². The van der Waals surface area contributed by atoms with Crippen LogP contribution in [-0.2, 0) is 33.3 Å². The Balaban J connectivity index is 1.10. The molecule has 7 unspecified atom stereocenters. The number of alkyl carbamates (subject to hydrolysis) is 1. The molecule has 52 heavy (non-hydrogen) atoms. The lowest BCUT2D eigenvalue weighted by Gasteiger charge is -2.37. The third-order valence-corrected chi connectivity index (χ3v) is 8.98. The number of carbonyl (C=O) groups is 4. The first-order valence-electron chi connectivity index (χ1n) is 17.2. The molecule has 2 aromatic carbocycles. The van der Waals surface area contributed by atoms with Crippen molar-refractivity contribution in [1.29, 1.82) is 0 Å². The fourth-order valence-corrected chi connectivity index (χ4v) is 6.49. The van der Waals surface area contributed by atoms with Crippen LogP contribution in [0.25, 0.3) is 11.1 Å². The molecular weight excluding hydrogens is 682 g/mol. The molecule has 0 radical (unpaired) electrons. The third-order valence-electron chi connectivity index (χ3n) is 8.98. The molecule has 2 aliphatic heterocycles. The Morgan fingerprint density at radius 1 is 0.885 bits per heavy atom. The number of nitrogens with one attached hydrogen (secondary N) is 2. The highest BCUT2D eigenvalue weighted by atomic mass is 16.7. The molecule has 2 heterocycles. The number of fused-ring (bicyclic) bond motifs is 3. The molecule has 6 N–H and O–H groups in total. The maximum absolute atomic E-state index is 13.6. The highest BCUT2D eigenvalue weighted by molar-refractivity contribution is 5.87. The van der Waals surface area contributed by atoms with E-state index in [1.54, 1.807) is 20.8 Å². The normalized spacial score (nSPS) is 25.5. The molecule has 5 rings (SSSR count). The van der Waals surface area contributed by atoms with Crippen molar-refractivity contribution in [2.75, 3.05) is 39.5 Å². The van der Waals surface area contributed by atoms with Gasteiger partial charge in [0, 0.05) is 25.6 Å². The molecule has 3 aliphatic rings. The smallest absolute Gasteiger partial charge is 0.410 e. The molecule has 2 aromatic rings. The van der Waals surface area contributed by atoms with Crippen molar-refractivity contribution in [2.24, 2.45) is 0 Å². The van der Waals surface area contributed by atoms with Crippen LogP contribution in [0.3, 0.4) is 0 Å². The second kappa shape index (κ2) is 17.0. The summed E-state index contributed by atoms with van der Waals surface area (Å²) in [5, 5.41) is 44.4. The number of esters is 1. The standard InChI is InChI=1S/C36H47N3O13/c1-36(2,3)52-34(46)38-20-15-26(32(44)37-13-8-14-48-19-28(40)49-18-27-29(41)30(42)31(43)33(45)51-27)39(16-20)35(47)50-17-25-23-11-6-4-9-21(23)22-10-5-7-12-24(22)25/h4-7,9-12,20,25-27,29-31,33,41-43,45H,8,13-19H2,1-3H3,(H,37,44)(H,38,46). The minimum Gasteiger partial charge on any atom is -0.461 e. The van der Waals surface area contributed by atoms with Crippen molar-refractivity contribution >= 4 is 24.1 Å². The van der Waals surface area contributed by atoms with Crippen molar-refractivity contribution in [3.63, 3.8) is 0 Å². The molecule has 0 saturated carbocycles. The van der Waals surface area contributed by atoms with Gasteiger partial charge in [-0.25, -0.2) is 14.4 Å². The van der Waals surface area contributed by atoms with Gasteiger partial charge in [0.05, 0.1) is 6.04 Å². The van der Waals surface area contributed by atoms with Crippen molar-refractivity contribution in [1.82, 2.24) is 15.5 Å². The van der Waals surface area contributed by atoms with Crippen molar-refractivity contribution < 1.29 is 63.3 Å². The van der Waals surface area contributed by atoms with Gasteiger partial charge < -0.3 is 54.7 Å². The van der Waals surface area contributed by atoms with Gasteiger partial charge in [-0.05, 0) is 55.9 Å². The third kappa shape index (κ3) is 9.56. The predicted molar refractivity (Wildman–Crippen MR) is 182 cm³/mol. The highest BCUT2D eigenvalue weighted by Gasteiger charge is 2.44. The van der Waals surface area contributed by atoms with Gasteiger partial charge in [-0.2, -0.15) is 0 Å². The number of aliphatic hydroxyl groups is 4. The Morgan fingerprint density at radius 3 is 2.19 bits per heavy atom. The summed E-state index contributed by atoms with van der Waals surface area (Å²) >= 11 is 0. The minimum absolute atomic E-state index is 0.0284. The number of benzene rings is 2. The van der Waals surface area contributed by atoms with E-state index in [0.29, 0.717) is 6.42 Å². The second-order valence-corrected chi connectivity index (χ2v) is 14.0. The van der Waals surface area contributed by atoms with E-state index in [0.717, 1.165) is 22.3 Å². The van der Waals surface area contributed by atoms with Gasteiger partial charge in [-0.1, -0.05) is 48.5 Å². The Bertz CT molecular complexity index is 1540. The molecule has 2 fully saturated rings. The summed E-state index contributed by atoms with van der Waals surface area (Å²) < 4.78 is 26.5. The van der Waals surface area contributed by atoms with E-state index in [2.05, 4.69) is 10.6 Å². The van der Waals surface area contributed by atoms with Crippen LogP contribution in [0.15, 0.2) is 48.5 Å². The maximum atomic E-state index is 13.6. The molecule has 16 nitrogen and oxygen atoms in total. The van der Waals surface area contributed by atoms with Crippen LogP contribution in [-0.4, -0.2) is 137 Å². The van der Waals surface area contributed by atoms with Gasteiger partial charge in [-0.15, -0.1) is 0 Å². The molecule has 284 valence electrons. The van der Waals surface area contributed by atoms with Gasteiger partial charge >= 0.3 is 18.2 Å². The summed E-state index contributed by atoms with van der Waals surface area (Å²) in [5.41, 5.74) is 3.51. The summed E-state index contributed by atoms with van der Waals surface area (Å²) in [6, 6.07) is 14.4. The topological polar surface area (TPSA) is 223 Å². The van der Waals surface area contributed by atoms with E-state index in [-0.39, 0.29) is 38.6 Å². The minimum atomic E-state index is -1.75. The zero-order chi connectivity index (χ0) is 37.6. The highest BCUT2D eigenvalue weighted by Crippen LogP contribution is 2.44. The lowest BCUT2D eigenvalue weighted by molar-refractivity contribution is -0.287. The van der Waals surface area contributed by atoms with E-state index in [1.165, 1.54) is 4.90 Å². The average molecular weight is 730 g/mol. The van der Waals surface area contributed by atoms with Gasteiger partial charge in [-0.3, -0.25) is 9.69 Å².